The van der Waals surface area contributed by atoms with E-state index in [0.717, 1.165) is 128 Å². The zero-order valence-corrected chi connectivity index (χ0v) is 45.5. The van der Waals surface area contributed by atoms with Gasteiger partial charge < -0.3 is 24.2 Å². The Labute approximate surface area is 436 Å². The zero-order chi connectivity index (χ0) is 52.7. The number of aliphatic hydroxyl groups is 1. The Morgan fingerprint density at radius 2 is 0.764 bits per heavy atom. The maximum Gasteiger partial charge on any atom is 0.472 e. The average molecular weight is 1020 g/mol. The van der Waals surface area contributed by atoms with Crippen molar-refractivity contribution in [2.45, 2.75) is 200 Å². The van der Waals surface area contributed by atoms with Gasteiger partial charge in [-0.15, -0.1) is 0 Å². The Bertz CT molecular complexity index is 1710. The van der Waals surface area contributed by atoms with E-state index in [4.69, 9.17) is 23.3 Å². The molecule has 0 aromatic heterocycles. The van der Waals surface area contributed by atoms with E-state index < -0.39 is 64.4 Å². The van der Waals surface area contributed by atoms with Crippen molar-refractivity contribution in [3.63, 3.8) is 0 Å². The van der Waals surface area contributed by atoms with E-state index in [1.54, 1.807) is 6.08 Å². The summed E-state index contributed by atoms with van der Waals surface area (Å²) in [6.07, 6.45) is 65.9. The maximum atomic E-state index is 12.9. The topological polar surface area (TPSA) is 155 Å². The van der Waals surface area contributed by atoms with E-state index in [1.165, 1.54) is 0 Å². The number of carbonyl (C=O) groups is 3. The zero-order valence-electron chi connectivity index (χ0n) is 44.6. The summed E-state index contributed by atoms with van der Waals surface area (Å²) in [6, 6.07) is 0. The molecule has 0 aliphatic heterocycles. The molecule has 406 valence electrons. The number of ether oxygens (including phenoxy) is 3. The van der Waals surface area contributed by atoms with Gasteiger partial charge in [-0.1, -0.05) is 193 Å². The molecule has 0 aliphatic carbocycles. The van der Waals surface area contributed by atoms with Crippen LogP contribution in [0.3, 0.4) is 0 Å². The van der Waals surface area contributed by atoms with Gasteiger partial charge in [0.25, 0.3) is 0 Å². The first-order valence-electron chi connectivity index (χ1n) is 27.1. The Morgan fingerprint density at radius 1 is 0.417 bits per heavy atom. The minimum absolute atomic E-state index is 0.0195. The second kappa shape index (κ2) is 52.9. The molecule has 0 saturated carbocycles. The predicted octanol–water partition coefficient (Wildman–Crippen LogP) is 15.8. The fourth-order valence-corrected chi connectivity index (χ4v) is 7.30. The maximum absolute atomic E-state index is 12.9. The van der Waals surface area contributed by atoms with E-state index in [9.17, 15) is 28.9 Å². The highest BCUT2D eigenvalue weighted by Crippen LogP contribution is 2.43. The number of phosphoric ester groups is 1. The van der Waals surface area contributed by atoms with Crippen molar-refractivity contribution in [1.29, 1.82) is 0 Å². The van der Waals surface area contributed by atoms with Gasteiger partial charge in [0, 0.05) is 12.8 Å². The Kier molecular flexibility index (Phi) is 49.7. The van der Waals surface area contributed by atoms with E-state index in [-0.39, 0.29) is 19.3 Å². The first-order valence-corrected chi connectivity index (χ1v) is 28.6. The molecule has 72 heavy (non-hydrogen) atoms. The third-order valence-corrected chi connectivity index (χ3v) is 11.5. The van der Waals surface area contributed by atoms with Crippen molar-refractivity contribution in [2.75, 3.05) is 26.4 Å². The van der Waals surface area contributed by atoms with E-state index >= 15 is 0 Å². The lowest BCUT2D eigenvalue weighted by molar-refractivity contribution is -0.161. The molecule has 2 N–H and O–H groups in total. The van der Waals surface area contributed by atoms with Crippen LogP contribution in [0.4, 0.5) is 0 Å². The van der Waals surface area contributed by atoms with Crippen LogP contribution >= 0.6 is 7.82 Å². The van der Waals surface area contributed by atoms with Crippen molar-refractivity contribution < 1.29 is 52.2 Å². The van der Waals surface area contributed by atoms with E-state index in [1.807, 2.05) is 12.2 Å². The monoisotopic (exact) mass is 1020 g/mol. The van der Waals surface area contributed by atoms with Gasteiger partial charge in [-0.05, 0) is 109 Å². The number of rotatable bonds is 48. The van der Waals surface area contributed by atoms with Crippen LogP contribution in [0.15, 0.2) is 134 Å². The Balaban J connectivity index is 4.93. The molecule has 0 rings (SSSR count). The quantitative estimate of drug-likeness (QED) is 0.0197. The van der Waals surface area contributed by atoms with Gasteiger partial charge in [-0.25, -0.2) is 4.57 Å². The molecule has 0 heterocycles. The summed E-state index contributed by atoms with van der Waals surface area (Å²) in [5.74, 6) is -1.68. The van der Waals surface area contributed by atoms with Crippen molar-refractivity contribution in [2.24, 2.45) is 0 Å². The molecular weight excluding hydrogens is 928 g/mol. The predicted molar refractivity (Wildman–Crippen MR) is 297 cm³/mol. The van der Waals surface area contributed by atoms with Crippen LogP contribution in [0, 0.1) is 0 Å². The SMILES string of the molecule is CC/C=C\C/C=C\C/C=C\C/C=C\C/C=C\CC(=O)OCC(COP(=O)(O)OCC(CO)OC(=O)CCCCCCC/C=C\C/C=C\CCC)OC(=O)CCCCCC/C=C\C/C=C\C/C=C\C/C=C\CC. The van der Waals surface area contributed by atoms with Crippen LogP contribution in [0.25, 0.3) is 0 Å². The highest BCUT2D eigenvalue weighted by atomic mass is 31.2. The Morgan fingerprint density at radius 3 is 1.18 bits per heavy atom. The number of phosphoric acid groups is 1. The van der Waals surface area contributed by atoms with Crippen LogP contribution in [-0.2, 0) is 42.2 Å². The van der Waals surface area contributed by atoms with Crippen molar-refractivity contribution in [3.8, 4) is 0 Å². The van der Waals surface area contributed by atoms with E-state index in [2.05, 4.69) is 136 Å². The van der Waals surface area contributed by atoms with Crippen LogP contribution in [-0.4, -0.2) is 66.5 Å². The summed E-state index contributed by atoms with van der Waals surface area (Å²) in [4.78, 5) is 48.4. The molecule has 0 amide bonds. The molecule has 0 spiro atoms. The summed E-state index contributed by atoms with van der Waals surface area (Å²) in [6.45, 7) is 4.16. The highest BCUT2D eigenvalue weighted by molar-refractivity contribution is 7.47. The molecule has 12 heteroatoms. The van der Waals surface area contributed by atoms with Gasteiger partial charge in [0.2, 0.25) is 0 Å². The molecule has 0 aliphatic rings. The number of unbranched alkanes of at least 4 members (excludes halogenated alkanes) is 10. The second-order valence-corrected chi connectivity index (χ2v) is 18.7. The smallest absolute Gasteiger partial charge is 0.461 e. The first kappa shape index (κ1) is 67.6. The Hall–Kier alpha value is -4.38. The van der Waals surface area contributed by atoms with Gasteiger partial charge in [0.05, 0.1) is 26.2 Å². The first-order chi connectivity index (χ1) is 35.2. The average Bonchev–Trinajstić information content (AvgIpc) is 3.37. The molecule has 0 aromatic rings. The number of hydrogen-bond donors (Lipinski definition) is 2. The summed E-state index contributed by atoms with van der Waals surface area (Å²) in [7, 11) is -4.78. The molecule has 0 radical (unpaired) electrons. The third-order valence-electron chi connectivity index (χ3n) is 10.6. The summed E-state index contributed by atoms with van der Waals surface area (Å²) in [5, 5.41) is 9.79. The molecule has 0 fully saturated rings. The van der Waals surface area contributed by atoms with Crippen LogP contribution in [0.2, 0.25) is 0 Å². The summed E-state index contributed by atoms with van der Waals surface area (Å²) < 4.78 is 39.3. The number of esters is 3. The minimum atomic E-state index is -4.78. The van der Waals surface area contributed by atoms with Crippen molar-refractivity contribution >= 4 is 25.7 Å². The standard InChI is InChI=1S/C60H95O11P/c1-4-7-10-13-16-19-22-25-27-28-30-33-36-39-42-45-48-51-60(64)71-57(53-67-58(62)49-46-43-40-37-34-32-29-26-23-20-17-14-11-8-5-2)55-69-72(65,66)68-54-56(52-61)70-59(63)50-47-44-41-38-35-31-24-21-18-15-12-9-6-3/h7-8,10-12,15-17,19-21,24-27,29-30,33-34,37,43,46,56-57,61H,4-6,9,13-14,18,22-23,28,31-32,35-36,38-42,44-45,47-55H2,1-3H3,(H,65,66)/b10-7-,11-8-,15-12-,19-16-,20-17-,24-21-,27-25-,29-26-,33-30-,37-34-,46-43-. The molecular formula is C60H95O11P. The molecule has 0 bridgehead atoms. The molecule has 0 aromatic carbocycles. The number of aliphatic hydroxyl groups excluding tert-OH is 1. The van der Waals surface area contributed by atoms with Gasteiger partial charge in [-0.2, -0.15) is 0 Å². The lowest BCUT2D eigenvalue weighted by Crippen LogP contribution is -2.30. The van der Waals surface area contributed by atoms with Crippen LogP contribution in [0.5, 0.6) is 0 Å². The minimum Gasteiger partial charge on any atom is -0.461 e. The second-order valence-electron chi connectivity index (χ2n) is 17.3. The number of allylic oxidation sites excluding steroid dienone is 21. The van der Waals surface area contributed by atoms with Crippen molar-refractivity contribution in [3.05, 3.63) is 134 Å². The molecule has 3 atom stereocenters. The largest absolute Gasteiger partial charge is 0.472 e. The normalized spacial score (nSPS) is 14.5. The van der Waals surface area contributed by atoms with Gasteiger partial charge in [-0.3, -0.25) is 23.4 Å². The fraction of sp³-hybridized carbons (Fsp3) is 0.583. The van der Waals surface area contributed by atoms with Crippen LogP contribution in [0.1, 0.15) is 188 Å². The number of hydrogen-bond acceptors (Lipinski definition) is 10. The molecule has 11 nitrogen and oxygen atoms in total. The number of carbonyl (C=O) groups excluding carboxylic acids is 3. The van der Waals surface area contributed by atoms with Crippen molar-refractivity contribution in [1.82, 2.24) is 0 Å². The summed E-state index contributed by atoms with van der Waals surface area (Å²) >= 11 is 0. The van der Waals surface area contributed by atoms with Gasteiger partial charge in [0.15, 0.2) is 6.10 Å². The third kappa shape index (κ3) is 50.6. The molecule has 3 unspecified atom stereocenters. The molecule has 0 saturated heterocycles. The highest BCUT2D eigenvalue weighted by Gasteiger charge is 2.28. The van der Waals surface area contributed by atoms with Gasteiger partial charge in [0.1, 0.15) is 12.7 Å². The van der Waals surface area contributed by atoms with E-state index in [0.29, 0.717) is 19.3 Å². The van der Waals surface area contributed by atoms with Gasteiger partial charge >= 0.3 is 25.7 Å². The summed E-state index contributed by atoms with van der Waals surface area (Å²) in [5.41, 5.74) is 0. The lowest BCUT2D eigenvalue weighted by Gasteiger charge is -2.21. The fourth-order valence-electron chi connectivity index (χ4n) is 6.51. The lowest BCUT2D eigenvalue weighted by atomic mass is 10.1. The van der Waals surface area contributed by atoms with Crippen LogP contribution < -0.4 is 0 Å².